The number of carbonyl (C=O) groups is 2. The lowest BCUT2D eigenvalue weighted by Crippen LogP contribution is -2.93. The second kappa shape index (κ2) is 13.6. The molecular weight excluding hydrogens is 586 g/mol. The molecule has 2 saturated heterocycles. The highest BCUT2D eigenvalue weighted by molar-refractivity contribution is 5.97. The summed E-state index contributed by atoms with van der Waals surface area (Å²) in [7, 11) is 1.51. The zero-order valence-corrected chi connectivity index (χ0v) is 24.1. The maximum atomic E-state index is 15.7. The van der Waals surface area contributed by atoms with Crippen LogP contribution in [0.25, 0.3) is 10.9 Å². The van der Waals surface area contributed by atoms with Crippen molar-refractivity contribution in [1.29, 1.82) is 0 Å². The average molecular weight is 620 g/mol. The third kappa shape index (κ3) is 7.11. The van der Waals surface area contributed by atoms with Gasteiger partial charge in [0.2, 0.25) is 5.43 Å². The molecule has 2 aromatic rings. The molecule has 0 radical (unpaired) electrons. The van der Waals surface area contributed by atoms with E-state index in [1.807, 2.05) is 4.57 Å². The first-order valence-electron chi connectivity index (χ1n) is 14.3. The van der Waals surface area contributed by atoms with Crippen molar-refractivity contribution in [1.82, 2.24) is 4.57 Å². The van der Waals surface area contributed by atoms with Gasteiger partial charge < -0.3 is 34.2 Å². The van der Waals surface area contributed by atoms with Crippen molar-refractivity contribution in [3.8, 4) is 30.4 Å². The lowest BCUT2D eigenvalue weighted by Gasteiger charge is -2.24. The second-order valence-corrected chi connectivity index (χ2v) is 11.2. The number of quaternary nitrogens is 1. The summed E-state index contributed by atoms with van der Waals surface area (Å²) in [6, 6.07) is 1.80. The number of rotatable bonds is 8. The molecule has 3 aliphatic rings. The smallest absolute Gasteiger partial charge is 0.430 e. The number of methoxy groups -OCH3 is 1. The highest BCUT2D eigenvalue weighted by atomic mass is 19.4. The highest BCUT2D eigenvalue weighted by Crippen LogP contribution is 2.44. The molecular formula is C31H33F4N3O6. The zero-order chi connectivity index (χ0) is 32.2. The third-order valence-corrected chi connectivity index (χ3v) is 8.11. The van der Waals surface area contributed by atoms with Crippen LogP contribution in [0.5, 0.6) is 5.75 Å². The molecule has 1 aromatic carbocycles. The average Bonchev–Trinajstić information content (AvgIpc) is 3.73. The van der Waals surface area contributed by atoms with E-state index in [9.17, 15) is 22.8 Å². The Morgan fingerprint density at radius 3 is 2.39 bits per heavy atom. The molecule has 1 aromatic heterocycles. The number of carbonyl (C=O) groups excluding carboxylic acids is 2. The third-order valence-electron chi connectivity index (χ3n) is 8.11. The van der Waals surface area contributed by atoms with E-state index < -0.39 is 29.4 Å². The number of aromatic nitrogens is 1. The number of alkyl halides is 3. The maximum Gasteiger partial charge on any atom is 0.430 e. The predicted octanol–water partition coefficient (Wildman–Crippen LogP) is 1.76. The molecule has 13 heteroatoms. The Balaban J connectivity index is 0.000000566. The van der Waals surface area contributed by atoms with Crippen molar-refractivity contribution in [2.24, 2.45) is 11.8 Å². The molecule has 1 aliphatic carbocycles. The molecule has 2 unspecified atom stereocenters. The first kappa shape index (κ1) is 32.7. The van der Waals surface area contributed by atoms with Crippen molar-refractivity contribution in [2.45, 2.75) is 56.8 Å². The number of aliphatic carboxylic acids is 1. The molecule has 1 saturated carbocycles. The Labute approximate surface area is 251 Å². The van der Waals surface area contributed by atoms with Gasteiger partial charge in [0, 0.05) is 43.5 Å². The van der Waals surface area contributed by atoms with Gasteiger partial charge in [-0.1, -0.05) is 0 Å². The Morgan fingerprint density at radius 2 is 1.84 bits per heavy atom. The largest absolute Gasteiger partial charge is 0.542 e. The number of nitrogens with two attached hydrogens (primary N) is 1. The molecule has 5 rings (SSSR count). The van der Waals surface area contributed by atoms with Crippen LogP contribution in [-0.2, 0) is 9.53 Å². The highest BCUT2D eigenvalue weighted by Gasteiger charge is 2.40. The molecule has 3 heterocycles. The van der Waals surface area contributed by atoms with Crippen LogP contribution in [0.2, 0.25) is 0 Å². The van der Waals surface area contributed by atoms with Crippen molar-refractivity contribution < 1.29 is 47.0 Å². The van der Waals surface area contributed by atoms with Crippen molar-refractivity contribution >= 4 is 28.5 Å². The fourth-order valence-corrected chi connectivity index (χ4v) is 5.88. The van der Waals surface area contributed by atoms with Gasteiger partial charge in [-0.25, -0.2) is 9.18 Å². The fourth-order valence-electron chi connectivity index (χ4n) is 5.88. The number of ether oxygens (including phenoxy) is 2. The normalized spacial score (nSPS) is 19.4. The zero-order valence-electron chi connectivity index (χ0n) is 24.1. The summed E-state index contributed by atoms with van der Waals surface area (Å²) in [6.07, 6.45) is 12.0. The van der Waals surface area contributed by atoms with Crippen LogP contribution in [0.15, 0.2) is 17.1 Å². The summed E-state index contributed by atoms with van der Waals surface area (Å²) in [6.45, 7) is 2.60. The Kier molecular flexibility index (Phi) is 10.1. The van der Waals surface area contributed by atoms with E-state index in [1.165, 1.54) is 19.6 Å². The number of terminal acetylenes is 2. The minimum Gasteiger partial charge on any atom is -0.542 e. The van der Waals surface area contributed by atoms with E-state index in [0.717, 1.165) is 38.9 Å². The number of hydrogen-bond donors (Lipinski definition) is 1. The number of pyridine rings is 1. The number of nitrogens with zero attached hydrogens (tertiary/aromatic N) is 2. The standard InChI is InChI=1S/C29H32FN3O4.C2HF3O2/c1-4-7-18(8-5-2)17-37-29(35)22-15-33(20-10-11-20)25-21(27(22)34)13-23(30)26(28(25)36-3)32-14-19-9-6-12-31-24(19)16-32;3-2(4,5)1(6)7/h1-2,13,15,18-20,24,31H,6-12,14,16-17H2,3H3;(H,6,7). The van der Waals surface area contributed by atoms with Crippen molar-refractivity contribution in [2.75, 3.05) is 38.3 Å². The van der Waals surface area contributed by atoms with Crippen LogP contribution in [0.4, 0.5) is 23.2 Å². The van der Waals surface area contributed by atoms with Crippen LogP contribution in [0, 0.1) is 42.3 Å². The number of fused-ring (bicyclic) bond motifs is 2. The molecule has 2 N–H and O–H groups in total. The number of benzene rings is 1. The quantitative estimate of drug-likeness (QED) is 0.272. The van der Waals surface area contributed by atoms with Gasteiger partial charge in [-0.15, -0.1) is 24.7 Å². The van der Waals surface area contributed by atoms with Gasteiger partial charge in [0.15, 0.2) is 11.6 Å². The van der Waals surface area contributed by atoms with E-state index in [0.29, 0.717) is 41.8 Å². The van der Waals surface area contributed by atoms with E-state index in [2.05, 4.69) is 22.1 Å². The van der Waals surface area contributed by atoms with Gasteiger partial charge >= 0.3 is 12.1 Å². The molecule has 44 heavy (non-hydrogen) atoms. The van der Waals surface area contributed by atoms with Gasteiger partial charge in [-0.3, -0.25) is 4.79 Å². The van der Waals surface area contributed by atoms with Crippen LogP contribution >= 0.6 is 0 Å². The van der Waals surface area contributed by atoms with Gasteiger partial charge in [0.1, 0.15) is 23.3 Å². The van der Waals surface area contributed by atoms with Gasteiger partial charge in [-0.05, 0) is 31.7 Å². The summed E-state index contributed by atoms with van der Waals surface area (Å²) in [5.74, 6) is 1.44. The monoisotopic (exact) mass is 619 g/mol. The summed E-state index contributed by atoms with van der Waals surface area (Å²) < 4.78 is 60.4. The number of carboxylic acid groups (broad SMARTS) is 1. The van der Waals surface area contributed by atoms with Crippen LogP contribution in [0.1, 0.15) is 54.9 Å². The van der Waals surface area contributed by atoms with E-state index in [1.54, 1.807) is 6.20 Å². The Hall–Kier alpha value is -4.23. The number of halogens is 4. The summed E-state index contributed by atoms with van der Waals surface area (Å²) in [5, 5.41) is 11.3. The number of anilines is 1. The van der Waals surface area contributed by atoms with Crippen LogP contribution in [0.3, 0.4) is 0 Å². The predicted molar refractivity (Wildman–Crippen MR) is 150 cm³/mol. The van der Waals surface area contributed by atoms with Crippen molar-refractivity contribution in [3.63, 3.8) is 0 Å². The first-order valence-corrected chi connectivity index (χ1v) is 14.3. The topological polar surface area (TPSA) is 118 Å². The van der Waals surface area contributed by atoms with Gasteiger partial charge in [-0.2, -0.15) is 13.2 Å². The lowest BCUT2D eigenvalue weighted by atomic mass is 9.94. The summed E-state index contributed by atoms with van der Waals surface area (Å²) in [4.78, 5) is 37.3. The van der Waals surface area contributed by atoms with E-state index >= 15 is 4.39 Å². The molecule has 3 fully saturated rings. The molecule has 0 amide bonds. The second-order valence-electron chi connectivity index (χ2n) is 11.2. The van der Waals surface area contributed by atoms with Crippen LogP contribution in [-0.4, -0.2) is 62.1 Å². The molecule has 236 valence electrons. The molecule has 9 nitrogen and oxygen atoms in total. The minimum absolute atomic E-state index is 0.0130. The minimum atomic E-state index is -5.19. The first-order chi connectivity index (χ1) is 20.9. The van der Waals surface area contributed by atoms with E-state index in [-0.39, 0.29) is 29.5 Å². The number of carboxylic acids is 1. The van der Waals surface area contributed by atoms with Gasteiger partial charge in [0.05, 0.1) is 37.7 Å². The molecule has 0 spiro atoms. The summed E-state index contributed by atoms with van der Waals surface area (Å²) >= 11 is 0. The molecule has 2 aliphatic heterocycles. The number of esters is 1. The molecule has 2 atom stereocenters. The number of hydrogen-bond acceptors (Lipinski definition) is 7. The Bertz CT molecular complexity index is 1520. The van der Waals surface area contributed by atoms with E-state index in [4.69, 9.17) is 32.2 Å². The van der Waals surface area contributed by atoms with Gasteiger partial charge in [0.25, 0.3) is 0 Å². The maximum absolute atomic E-state index is 15.7. The molecule has 0 bridgehead atoms. The Morgan fingerprint density at radius 1 is 1.18 bits per heavy atom. The fraction of sp³-hybridized carbons (Fsp3) is 0.516. The van der Waals surface area contributed by atoms with Crippen molar-refractivity contribution in [3.05, 3.63) is 33.9 Å². The SMILES string of the molecule is C#CCC(CC#C)COC(=O)c1cn(C2CC2)c2c(OC)c(N3CC4CCC[NH2+]C4C3)c(F)cc2c1=O.O=C([O-])C(F)(F)F. The summed E-state index contributed by atoms with van der Waals surface area (Å²) in [5.41, 5.74) is 0.220. The number of piperidine rings is 1. The van der Waals surface area contributed by atoms with Crippen LogP contribution < -0.4 is 25.5 Å². The lowest BCUT2D eigenvalue weighted by molar-refractivity contribution is -0.699.